The van der Waals surface area contributed by atoms with Gasteiger partial charge in [0.15, 0.2) is 0 Å². The number of aryl methyl sites for hydroxylation is 2. The van der Waals surface area contributed by atoms with E-state index in [2.05, 4.69) is 46.8 Å². The van der Waals surface area contributed by atoms with Crippen LogP contribution in [0.1, 0.15) is 42.5 Å². The van der Waals surface area contributed by atoms with Gasteiger partial charge in [-0.3, -0.25) is 0 Å². The Morgan fingerprint density at radius 3 is 2.21 bits per heavy atom. The molecule has 78 valence electrons. The normalized spacial score (nSPS) is 11.0. The van der Waals surface area contributed by atoms with Crippen LogP contribution >= 0.6 is 0 Å². The summed E-state index contributed by atoms with van der Waals surface area (Å²) >= 11 is 0. The number of hydrogen-bond donors (Lipinski definition) is 0. The molecular formula is C14H22. The SMILES string of the molecule is Cc1ccc(CCC(C)C)c(C)c1C. The van der Waals surface area contributed by atoms with Gasteiger partial charge in [-0.05, 0) is 61.8 Å². The van der Waals surface area contributed by atoms with Crippen molar-refractivity contribution in [1.29, 1.82) is 0 Å². The Morgan fingerprint density at radius 2 is 1.64 bits per heavy atom. The van der Waals surface area contributed by atoms with Gasteiger partial charge in [-0.1, -0.05) is 26.0 Å². The van der Waals surface area contributed by atoms with Gasteiger partial charge in [-0.2, -0.15) is 0 Å². The highest BCUT2D eigenvalue weighted by molar-refractivity contribution is 5.38. The number of hydrogen-bond acceptors (Lipinski definition) is 0. The standard InChI is InChI=1S/C14H22/c1-10(2)6-8-14-9-7-11(3)12(4)13(14)5/h7,9-10H,6,8H2,1-5H3. The predicted molar refractivity (Wildman–Crippen MR) is 63.8 cm³/mol. The maximum absolute atomic E-state index is 2.29. The van der Waals surface area contributed by atoms with E-state index >= 15 is 0 Å². The highest BCUT2D eigenvalue weighted by atomic mass is 14.1. The molecule has 1 rings (SSSR count). The van der Waals surface area contributed by atoms with E-state index in [1.54, 1.807) is 0 Å². The zero-order valence-corrected chi connectivity index (χ0v) is 10.1. The van der Waals surface area contributed by atoms with Gasteiger partial charge in [0.05, 0.1) is 0 Å². The Bertz CT molecular complexity index is 308. The van der Waals surface area contributed by atoms with E-state index in [-0.39, 0.29) is 0 Å². The largest absolute Gasteiger partial charge is 0.0628 e. The third-order valence-corrected chi connectivity index (χ3v) is 3.16. The number of rotatable bonds is 3. The lowest BCUT2D eigenvalue weighted by molar-refractivity contribution is 0.585. The second-order valence-corrected chi connectivity index (χ2v) is 4.72. The molecule has 0 aliphatic rings. The fourth-order valence-electron chi connectivity index (χ4n) is 1.73. The molecule has 0 saturated carbocycles. The van der Waals surface area contributed by atoms with Crippen LogP contribution in [-0.4, -0.2) is 0 Å². The summed E-state index contributed by atoms with van der Waals surface area (Å²) in [5.41, 5.74) is 5.90. The van der Waals surface area contributed by atoms with Crippen molar-refractivity contribution in [2.75, 3.05) is 0 Å². The topological polar surface area (TPSA) is 0 Å². The molecule has 0 heterocycles. The van der Waals surface area contributed by atoms with E-state index in [1.807, 2.05) is 0 Å². The van der Waals surface area contributed by atoms with Crippen molar-refractivity contribution in [1.82, 2.24) is 0 Å². The van der Waals surface area contributed by atoms with E-state index in [1.165, 1.54) is 35.1 Å². The summed E-state index contributed by atoms with van der Waals surface area (Å²) in [6, 6.07) is 4.54. The molecule has 0 aromatic heterocycles. The van der Waals surface area contributed by atoms with Gasteiger partial charge >= 0.3 is 0 Å². The molecule has 0 amide bonds. The van der Waals surface area contributed by atoms with E-state index < -0.39 is 0 Å². The summed E-state index contributed by atoms with van der Waals surface area (Å²) in [5.74, 6) is 0.802. The highest BCUT2D eigenvalue weighted by Gasteiger charge is 2.04. The molecule has 0 saturated heterocycles. The maximum Gasteiger partial charge on any atom is -0.0274 e. The Labute approximate surface area is 88.4 Å². The minimum Gasteiger partial charge on any atom is -0.0628 e. The van der Waals surface area contributed by atoms with Crippen molar-refractivity contribution in [2.24, 2.45) is 5.92 Å². The van der Waals surface area contributed by atoms with Crippen LogP contribution in [0, 0.1) is 26.7 Å². The van der Waals surface area contributed by atoms with Gasteiger partial charge in [0.2, 0.25) is 0 Å². The number of benzene rings is 1. The van der Waals surface area contributed by atoms with Crippen LogP contribution in [0.2, 0.25) is 0 Å². The third-order valence-electron chi connectivity index (χ3n) is 3.16. The van der Waals surface area contributed by atoms with Crippen LogP contribution in [0.4, 0.5) is 0 Å². The maximum atomic E-state index is 2.29. The molecule has 0 atom stereocenters. The van der Waals surface area contributed by atoms with Crippen molar-refractivity contribution < 1.29 is 0 Å². The smallest absolute Gasteiger partial charge is 0.0274 e. The van der Waals surface area contributed by atoms with E-state index in [9.17, 15) is 0 Å². The molecule has 0 N–H and O–H groups in total. The molecule has 1 aromatic carbocycles. The van der Waals surface area contributed by atoms with E-state index in [0.29, 0.717) is 0 Å². The van der Waals surface area contributed by atoms with Gasteiger partial charge < -0.3 is 0 Å². The molecule has 14 heavy (non-hydrogen) atoms. The van der Waals surface area contributed by atoms with Gasteiger partial charge in [0.25, 0.3) is 0 Å². The third kappa shape index (κ3) is 2.60. The monoisotopic (exact) mass is 190 g/mol. The molecule has 0 fully saturated rings. The lowest BCUT2D eigenvalue weighted by atomic mass is 9.94. The van der Waals surface area contributed by atoms with Crippen LogP contribution in [-0.2, 0) is 6.42 Å². The van der Waals surface area contributed by atoms with Crippen LogP contribution in [0.5, 0.6) is 0 Å². The Balaban J connectivity index is 2.83. The molecule has 0 aliphatic carbocycles. The molecule has 0 heteroatoms. The first-order chi connectivity index (χ1) is 6.52. The van der Waals surface area contributed by atoms with Gasteiger partial charge in [0.1, 0.15) is 0 Å². The average Bonchev–Trinajstić information content (AvgIpc) is 2.13. The lowest BCUT2D eigenvalue weighted by Crippen LogP contribution is -1.97. The quantitative estimate of drug-likeness (QED) is 0.670. The summed E-state index contributed by atoms with van der Waals surface area (Å²) in [6.45, 7) is 11.2. The van der Waals surface area contributed by atoms with Gasteiger partial charge in [-0.15, -0.1) is 0 Å². The fourth-order valence-corrected chi connectivity index (χ4v) is 1.73. The predicted octanol–water partition coefficient (Wildman–Crippen LogP) is 4.20. The second-order valence-electron chi connectivity index (χ2n) is 4.72. The first kappa shape index (κ1) is 11.3. The summed E-state index contributed by atoms with van der Waals surface area (Å²) in [6.07, 6.45) is 2.52. The average molecular weight is 190 g/mol. The van der Waals surface area contributed by atoms with Crippen LogP contribution < -0.4 is 0 Å². The fraction of sp³-hybridized carbons (Fsp3) is 0.571. The molecule has 0 unspecified atom stereocenters. The summed E-state index contributed by atoms with van der Waals surface area (Å²) in [7, 11) is 0. The van der Waals surface area contributed by atoms with Crippen LogP contribution in [0.3, 0.4) is 0 Å². The summed E-state index contributed by atoms with van der Waals surface area (Å²) in [5, 5.41) is 0. The Hall–Kier alpha value is -0.780. The van der Waals surface area contributed by atoms with Crippen molar-refractivity contribution in [3.63, 3.8) is 0 Å². The molecule has 0 spiro atoms. The zero-order chi connectivity index (χ0) is 10.7. The summed E-state index contributed by atoms with van der Waals surface area (Å²) in [4.78, 5) is 0. The van der Waals surface area contributed by atoms with E-state index in [4.69, 9.17) is 0 Å². The molecule has 0 aliphatic heterocycles. The van der Waals surface area contributed by atoms with Crippen molar-refractivity contribution >= 4 is 0 Å². The highest BCUT2D eigenvalue weighted by Crippen LogP contribution is 2.19. The van der Waals surface area contributed by atoms with Crippen LogP contribution in [0.15, 0.2) is 12.1 Å². The zero-order valence-electron chi connectivity index (χ0n) is 10.1. The van der Waals surface area contributed by atoms with Gasteiger partial charge in [-0.25, -0.2) is 0 Å². The molecule has 0 nitrogen and oxygen atoms in total. The minimum absolute atomic E-state index is 0.802. The molecule has 1 aromatic rings. The molecule has 0 radical (unpaired) electrons. The van der Waals surface area contributed by atoms with Crippen molar-refractivity contribution in [3.05, 3.63) is 34.4 Å². The first-order valence-corrected chi connectivity index (χ1v) is 5.58. The van der Waals surface area contributed by atoms with Crippen molar-refractivity contribution in [2.45, 2.75) is 47.5 Å². The Morgan fingerprint density at radius 1 is 1.00 bits per heavy atom. The minimum atomic E-state index is 0.802. The van der Waals surface area contributed by atoms with Gasteiger partial charge in [0, 0.05) is 0 Å². The first-order valence-electron chi connectivity index (χ1n) is 5.58. The van der Waals surface area contributed by atoms with Crippen molar-refractivity contribution in [3.8, 4) is 0 Å². The molecular weight excluding hydrogens is 168 g/mol. The lowest BCUT2D eigenvalue weighted by Gasteiger charge is -2.12. The molecule has 0 bridgehead atoms. The van der Waals surface area contributed by atoms with E-state index in [0.717, 1.165) is 5.92 Å². The second kappa shape index (κ2) is 4.63. The summed E-state index contributed by atoms with van der Waals surface area (Å²) < 4.78 is 0. The Kier molecular flexibility index (Phi) is 3.74. The van der Waals surface area contributed by atoms with Crippen LogP contribution in [0.25, 0.3) is 0 Å².